The molecule has 0 aliphatic rings. The summed E-state index contributed by atoms with van der Waals surface area (Å²) in [5.41, 5.74) is 1.28. The Kier molecular flexibility index (Phi) is 9.26. The molecule has 0 aromatic carbocycles. The van der Waals surface area contributed by atoms with Crippen molar-refractivity contribution in [2.75, 3.05) is 18.8 Å². The highest BCUT2D eigenvalue weighted by molar-refractivity contribution is 8.00. The number of carbonyl (C=O) groups excluding carboxylic acids is 1. The number of halogens is 3. The van der Waals surface area contributed by atoms with Gasteiger partial charge in [-0.05, 0) is 43.0 Å². The van der Waals surface area contributed by atoms with Crippen LogP contribution in [0.5, 0.6) is 0 Å². The highest BCUT2D eigenvalue weighted by Gasteiger charge is 2.27. The molecule has 1 atom stereocenters. The Labute approximate surface area is 116 Å². The third-order valence-electron chi connectivity index (χ3n) is 2.91. The van der Waals surface area contributed by atoms with E-state index in [0.717, 1.165) is 12.8 Å². The lowest BCUT2D eigenvalue weighted by Gasteiger charge is -2.19. The minimum absolute atomic E-state index is 0.0479. The Balaban J connectivity index is 3.74. The van der Waals surface area contributed by atoms with Gasteiger partial charge < -0.3 is 11.1 Å². The van der Waals surface area contributed by atoms with Crippen molar-refractivity contribution in [3.63, 3.8) is 0 Å². The van der Waals surface area contributed by atoms with Crippen molar-refractivity contribution >= 4 is 17.7 Å². The van der Waals surface area contributed by atoms with E-state index in [1.807, 2.05) is 0 Å². The number of thioether (sulfide) groups is 1. The molecule has 1 unspecified atom stereocenters. The van der Waals surface area contributed by atoms with Crippen molar-refractivity contribution in [1.82, 2.24) is 5.32 Å². The average Bonchev–Trinajstić information content (AvgIpc) is 2.28. The largest absolute Gasteiger partial charge is 0.441 e. The summed E-state index contributed by atoms with van der Waals surface area (Å²) in [6, 6.07) is 0. The van der Waals surface area contributed by atoms with E-state index >= 15 is 0 Å². The van der Waals surface area contributed by atoms with E-state index in [1.165, 1.54) is 0 Å². The van der Waals surface area contributed by atoms with Crippen molar-refractivity contribution in [2.45, 2.75) is 38.6 Å². The molecule has 0 aromatic rings. The van der Waals surface area contributed by atoms with E-state index in [-0.39, 0.29) is 30.0 Å². The van der Waals surface area contributed by atoms with Gasteiger partial charge in [0, 0.05) is 18.7 Å². The van der Waals surface area contributed by atoms with Gasteiger partial charge in [0.05, 0.1) is 0 Å². The second-order valence-electron chi connectivity index (χ2n) is 4.76. The molecule has 0 fully saturated rings. The summed E-state index contributed by atoms with van der Waals surface area (Å²) in [4.78, 5) is 11.5. The molecule has 1 amide bonds. The molecule has 0 aliphatic carbocycles. The maximum atomic E-state index is 11.8. The molecule has 0 radical (unpaired) electrons. The van der Waals surface area contributed by atoms with E-state index in [1.54, 1.807) is 0 Å². The molecule has 3 nitrogen and oxygen atoms in total. The first-order valence-corrected chi connectivity index (χ1v) is 7.42. The van der Waals surface area contributed by atoms with Gasteiger partial charge in [0.1, 0.15) is 0 Å². The lowest BCUT2D eigenvalue weighted by molar-refractivity contribution is -0.121. The molecule has 0 saturated heterocycles. The number of carbonyl (C=O) groups is 1. The molecular weight excluding hydrogens is 277 g/mol. The molecule has 0 heterocycles. The Bertz CT molecular complexity index is 260. The summed E-state index contributed by atoms with van der Waals surface area (Å²) in [5, 5.41) is 2.50. The van der Waals surface area contributed by atoms with Crippen LogP contribution in [0.2, 0.25) is 0 Å². The summed E-state index contributed by atoms with van der Waals surface area (Å²) in [5.74, 6) is 0.508. The zero-order chi connectivity index (χ0) is 14.9. The van der Waals surface area contributed by atoms with E-state index < -0.39 is 5.51 Å². The van der Waals surface area contributed by atoms with Crippen molar-refractivity contribution < 1.29 is 18.0 Å². The fourth-order valence-electron chi connectivity index (χ4n) is 1.79. The molecule has 0 rings (SSSR count). The second-order valence-corrected chi connectivity index (χ2v) is 5.92. The Morgan fingerprint density at radius 2 is 1.95 bits per heavy atom. The first-order chi connectivity index (χ1) is 8.76. The van der Waals surface area contributed by atoms with Crippen LogP contribution in [0.25, 0.3) is 0 Å². The summed E-state index contributed by atoms with van der Waals surface area (Å²) < 4.78 is 35.5. The van der Waals surface area contributed by atoms with Crippen LogP contribution in [0.4, 0.5) is 13.2 Å². The van der Waals surface area contributed by atoms with Crippen molar-refractivity contribution in [2.24, 2.45) is 17.6 Å². The lowest BCUT2D eigenvalue weighted by atomic mass is 9.88. The van der Waals surface area contributed by atoms with Crippen LogP contribution in [0.15, 0.2) is 0 Å². The van der Waals surface area contributed by atoms with Crippen LogP contribution < -0.4 is 11.1 Å². The molecule has 0 aliphatic heterocycles. The predicted molar refractivity (Wildman–Crippen MR) is 72.8 cm³/mol. The quantitative estimate of drug-likeness (QED) is 0.644. The van der Waals surface area contributed by atoms with Gasteiger partial charge in [-0.1, -0.05) is 13.8 Å². The SMILES string of the molecule is CC(C)C(CCN)CCC(=O)NCCSC(F)(F)F. The number of nitrogens with one attached hydrogen (secondary N) is 1. The van der Waals surface area contributed by atoms with Crippen LogP contribution in [-0.2, 0) is 4.79 Å². The van der Waals surface area contributed by atoms with Crippen LogP contribution in [-0.4, -0.2) is 30.3 Å². The predicted octanol–water partition coefficient (Wildman–Crippen LogP) is 2.76. The highest BCUT2D eigenvalue weighted by atomic mass is 32.2. The summed E-state index contributed by atoms with van der Waals surface area (Å²) >= 11 is -0.118. The summed E-state index contributed by atoms with van der Waals surface area (Å²) in [7, 11) is 0. The smallest absolute Gasteiger partial charge is 0.355 e. The van der Waals surface area contributed by atoms with Crippen molar-refractivity contribution in [3.8, 4) is 0 Å². The molecule has 0 aromatic heterocycles. The van der Waals surface area contributed by atoms with E-state index in [2.05, 4.69) is 19.2 Å². The fourth-order valence-corrected chi connectivity index (χ4v) is 2.22. The molecule has 0 spiro atoms. The van der Waals surface area contributed by atoms with Crippen molar-refractivity contribution in [3.05, 3.63) is 0 Å². The van der Waals surface area contributed by atoms with Crippen LogP contribution in [0, 0.1) is 11.8 Å². The Hall–Kier alpha value is -0.430. The number of amides is 1. The third kappa shape index (κ3) is 11.1. The number of alkyl halides is 3. The Morgan fingerprint density at radius 1 is 1.32 bits per heavy atom. The van der Waals surface area contributed by atoms with Gasteiger partial charge in [-0.2, -0.15) is 13.2 Å². The van der Waals surface area contributed by atoms with E-state index in [4.69, 9.17) is 5.73 Å². The molecule has 0 bridgehead atoms. The molecule has 114 valence electrons. The van der Waals surface area contributed by atoms with Crippen LogP contribution in [0.3, 0.4) is 0 Å². The molecule has 19 heavy (non-hydrogen) atoms. The second kappa shape index (κ2) is 9.47. The Morgan fingerprint density at radius 3 is 2.42 bits per heavy atom. The number of nitrogens with two attached hydrogens (primary N) is 1. The van der Waals surface area contributed by atoms with Gasteiger partial charge in [0.2, 0.25) is 5.91 Å². The van der Waals surface area contributed by atoms with Gasteiger partial charge in [0.15, 0.2) is 0 Å². The zero-order valence-electron chi connectivity index (χ0n) is 11.4. The van der Waals surface area contributed by atoms with Gasteiger partial charge in [0.25, 0.3) is 0 Å². The average molecular weight is 300 g/mol. The molecule has 7 heteroatoms. The van der Waals surface area contributed by atoms with Gasteiger partial charge >= 0.3 is 5.51 Å². The van der Waals surface area contributed by atoms with Gasteiger partial charge in [-0.25, -0.2) is 0 Å². The number of rotatable bonds is 9. The van der Waals surface area contributed by atoms with Crippen LogP contribution >= 0.6 is 11.8 Å². The molecule has 0 saturated carbocycles. The summed E-state index contributed by atoms with van der Waals surface area (Å²) in [6.45, 7) is 4.80. The molecule has 3 N–H and O–H groups in total. The van der Waals surface area contributed by atoms with Gasteiger partial charge in [-0.15, -0.1) is 0 Å². The lowest BCUT2D eigenvalue weighted by Crippen LogP contribution is -2.27. The normalized spacial score (nSPS) is 13.6. The van der Waals surface area contributed by atoms with Gasteiger partial charge in [-0.3, -0.25) is 4.79 Å². The topological polar surface area (TPSA) is 55.1 Å². The molecular formula is C12H23F3N2OS. The third-order valence-corrected chi connectivity index (χ3v) is 3.65. The maximum Gasteiger partial charge on any atom is 0.441 e. The highest BCUT2D eigenvalue weighted by Crippen LogP contribution is 2.29. The van der Waals surface area contributed by atoms with E-state index in [0.29, 0.717) is 24.8 Å². The first kappa shape index (κ1) is 18.6. The standard InChI is InChI=1S/C12H23F3N2OS/c1-9(2)10(5-6-16)3-4-11(18)17-7-8-19-12(13,14)15/h9-10H,3-8,16H2,1-2H3,(H,17,18). The minimum atomic E-state index is -4.23. The van der Waals surface area contributed by atoms with Crippen molar-refractivity contribution in [1.29, 1.82) is 0 Å². The zero-order valence-corrected chi connectivity index (χ0v) is 12.2. The maximum absolute atomic E-state index is 11.8. The fraction of sp³-hybridized carbons (Fsp3) is 0.917. The monoisotopic (exact) mass is 300 g/mol. The first-order valence-electron chi connectivity index (χ1n) is 6.43. The number of hydrogen-bond acceptors (Lipinski definition) is 3. The number of hydrogen-bond donors (Lipinski definition) is 2. The minimum Gasteiger partial charge on any atom is -0.355 e. The summed E-state index contributed by atoms with van der Waals surface area (Å²) in [6.07, 6.45) is 1.95. The van der Waals surface area contributed by atoms with Crippen LogP contribution in [0.1, 0.15) is 33.1 Å². The van der Waals surface area contributed by atoms with E-state index in [9.17, 15) is 18.0 Å².